The summed E-state index contributed by atoms with van der Waals surface area (Å²) in [7, 11) is 0. The van der Waals surface area contributed by atoms with Gasteiger partial charge in [0.1, 0.15) is 0 Å². The number of aromatic nitrogens is 1. The van der Waals surface area contributed by atoms with E-state index in [1.165, 1.54) is 24.9 Å². The zero-order valence-electron chi connectivity index (χ0n) is 11.3. The van der Waals surface area contributed by atoms with Crippen LogP contribution in [0.1, 0.15) is 38.3 Å². The minimum Gasteiger partial charge on any atom is -0.311 e. The molecule has 1 saturated carbocycles. The first-order chi connectivity index (χ1) is 8.75. The van der Waals surface area contributed by atoms with Crippen molar-refractivity contribution in [3.8, 4) is 0 Å². The lowest BCUT2D eigenvalue weighted by molar-refractivity contribution is 0.0923. The Hall–Kier alpha value is -0.930. The molecule has 1 saturated heterocycles. The second kappa shape index (κ2) is 4.98. The molecule has 1 aromatic rings. The maximum Gasteiger partial charge on any atom is 0.0339 e. The van der Waals surface area contributed by atoms with E-state index in [1.807, 2.05) is 18.5 Å². The van der Waals surface area contributed by atoms with Crippen molar-refractivity contribution in [3.63, 3.8) is 0 Å². The zero-order chi connectivity index (χ0) is 12.5. The smallest absolute Gasteiger partial charge is 0.0339 e. The molecule has 2 aliphatic rings. The topological polar surface area (TPSA) is 28.2 Å². The summed E-state index contributed by atoms with van der Waals surface area (Å²) in [5.74, 6) is 0.932. The van der Waals surface area contributed by atoms with Gasteiger partial charge in [-0.15, -0.1) is 0 Å². The van der Waals surface area contributed by atoms with Crippen molar-refractivity contribution >= 4 is 0 Å². The normalized spacial score (nSPS) is 31.2. The second-order valence-electron chi connectivity index (χ2n) is 5.86. The molecule has 3 heteroatoms. The summed E-state index contributed by atoms with van der Waals surface area (Å²) in [6.45, 7) is 6.93. The summed E-state index contributed by atoms with van der Waals surface area (Å²) < 4.78 is 0. The highest BCUT2D eigenvalue weighted by Gasteiger charge is 2.37. The fourth-order valence-electron chi connectivity index (χ4n) is 3.08. The molecule has 98 valence electrons. The molecule has 1 aliphatic heterocycles. The first kappa shape index (κ1) is 12.1. The molecule has 2 heterocycles. The van der Waals surface area contributed by atoms with Gasteiger partial charge in [-0.2, -0.15) is 0 Å². The molecule has 1 aliphatic carbocycles. The Balaban J connectivity index is 1.72. The van der Waals surface area contributed by atoms with Crippen LogP contribution in [0.3, 0.4) is 0 Å². The van der Waals surface area contributed by atoms with Gasteiger partial charge in [0.15, 0.2) is 0 Å². The van der Waals surface area contributed by atoms with Gasteiger partial charge in [0.25, 0.3) is 0 Å². The van der Waals surface area contributed by atoms with Gasteiger partial charge in [-0.3, -0.25) is 9.88 Å². The molecular weight excluding hydrogens is 222 g/mol. The van der Waals surface area contributed by atoms with E-state index in [4.69, 9.17) is 0 Å². The molecule has 0 bridgehead atoms. The van der Waals surface area contributed by atoms with Crippen molar-refractivity contribution in [1.82, 2.24) is 15.2 Å². The number of hydrogen-bond acceptors (Lipinski definition) is 3. The lowest BCUT2D eigenvalue weighted by Gasteiger charge is -2.42. The summed E-state index contributed by atoms with van der Waals surface area (Å²) in [5.41, 5.74) is 1.33. The van der Waals surface area contributed by atoms with Crippen molar-refractivity contribution in [1.29, 1.82) is 0 Å². The number of nitrogens with zero attached hydrogens (tertiary/aromatic N) is 2. The van der Waals surface area contributed by atoms with Crippen molar-refractivity contribution < 1.29 is 0 Å². The van der Waals surface area contributed by atoms with Gasteiger partial charge in [-0.1, -0.05) is 6.07 Å². The number of hydrogen-bond donors (Lipinski definition) is 1. The van der Waals surface area contributed by atoms with Crippen LogP contribution in [0.2, 0.25) is 0 Å². The molecule has 3 unspecified atom stereocenters. The molecule has 2 fully saturated rings. The zero-order valence-corrected chi connectivity index (χ0v) is 11.3. The van der Waals surface area contributed by atoms with Crippen LogP contribution in [0.15, 0.2) is 24.5 Å². The number of nitrogens with one attached hydrogen (secondary N) is 1. The third kappa shape index (κ3) is 2.43. The molecule has 1 N–H and O–H groups in total. The van der Waals surface area contributed by atoms with Gasteiger partial charge in [-0.25, -0.2) is 0 Å². The summed E-state index contributed by atoms with van der Waals surface area (Å²) in [5, 5.41) is 3.71. The van der Waals surface area contributed by atoms with Crippen LogP contribution >= 0.6 is 0 Å². The quantitative estimate of drug-likeness (QED) is 0.885. The second-order valence-corrected chi connectivity index (χ2v) is 5.86. The standard InChI is InChI=1S/C15H23N3/c1-11-8-17-15(13-5-6-13)10-18(11)12(2)14-4-3-7-16-9-14/h3-4,7,9,11-13,15,17H,5-6,8,10H2,1-2H3. The van der Waals surface area contributed by atoms with Gasteiger partial charge < -0.3 is 5.32 Å². The molecule has 3 nitrogen and oxygen atoms in total. The van der Waals surface area contributed by atoms with Crippen LogP contribution in [0.5, 0.6) is 0 Å². The van der Waals surface area contributed by atoms with Crippen molar-refractivity contribution in [2.24, 2.45) is 5.92 Å². The largest absolute Gasteiger partial charge is 0.311 e. The summed E-state index contributed by atoms with van der Waals surface area (Å²) in [4.78, 5) is 6.89. The average molecular weight is 245 g/mol. The Morgan fingerprint density at radius 1 is 1.44 bits per heavy atom. The van der Waals surface area contributed by atoms with E-state index >= 15 is 0 Å². The minimum absolute atomic E-state index is 0.469. The first-order valence-electron chi connectivity index (χ1n) is 7.14. The fourth-order valence-corrected chi connectivity index (χ4v) is 3.08. The minimum atomic E-state index is 0.469. The van der Waals surface area contributed by atoms with Gasteiger partial charge in [0, 0.05) is 43.6 Å². The average Bonchev–Trinajstić information content (AvgIpc) is 3.24. The van der Waals surface area contributed by atoms with Crippen LogP contribution < -0.4 is 5.32 Å². The highest BCUT2D eigenvalue weighted by atomic mass is 15.3. The van der Waals surface area contributed by atoms with Crippen LogP contribution in [-0.2, 0) is 0 Å². The highest BCUT2D eigenvalue weighted by molar-refractivity contribution is 5.14. The highest BCUT2D eigenvalue weighted by Crippen LogP contribution is 2.35. The number of pyridine rings is 1. The summed E-state index contributed by atoms with van der Waals surface area (Å²) in [6.07, 6.45) is 6.69. The fraction of sp³-hybridized carbons (Fsp3) is 0.667. The van der Waals surface area contributed by atoms with Crippen molar-refractivity contribution in [2.45, 2.75) is 44.8 Å². The Labute approximate surface area is 110 Å². The monoisotopic (exact) mass is 245 g/mol. The summed E-state index contributed by atoms with van der Waals surface area (Å²) >= 11 is 0. The molecule has 0 aromatic carbocycles. The van der Waals surface area contributed by atoms with E-state index in [-0.39, 0.29) is 0 Å². The third-order valence-corrected chi connectivity index (χ3v) is 4.50. The third-order valence-electron chi connectivity index (χ3n) is 4.50. The molecule has 18 heavy (non-hydrogen) atoms. The van der Waals surface area contributed by atoms with Gasteiger partial charge in [-0.05, 0) is 44.2 Å². The Bertz CT molecular complexity index is 388. The first-order valence-corrected chi connectivity index (χ1v) is 7.14. The Morgan fingerprint density at radius 3 is 2.94 bits per heavy atom. The van der Waals surface area contributed by atoms with Gasteiger partial charge >= 0.3 is 0 Å². The van der Waals surface area contributed by atoms with E-state index < -0.39 is 0 Å². The van der Waals surface area contributed by atoms with Crippen LogP contribution in [0.25, 0.3) is 0 Å². The van der Waals surface area contributed by atoms with Gasteiger partial charge in [0.2, 0.25) is 0 Å². The van der Waals surface area contributed by atoms with Crippen LogP contribution in [-0.4, -0.2) is 35.1 Å². The molecular formula is C15H23N3. The Morgan fingerprint density at radius 2 is 2.28 bits per heavy atom. The summed E-state index contributed by atoms with van der Waals surface area (Å²) in [6, 6.07) is 6.02. The SMILES string of the molecule is CC1CNC(C2CC2)CN1C(C)c1cccnc1. The van der Waals surface area contributed by atoms with E-state index in [0.717, 1.165) is 12.5 Å². The lowest BCUT2D eigenvalue weighted by atomic mass is 10.0. The lowest BCUT2D eigenvalue weighted by Crippen LogP contribution is -2.56. The molecule has 3 atom stereocenters. The van der Waals surface area contributed by atoms with Crippen molar-refractivity contribution in [2.75, 3.05) is 13.1 Å². The number of rotatable bonds is 3. The molecule has 0 radical (unpaired) electrons. The van der Waals surface area contributed by atoms with Gasteiger partial charge in [0.05, 0.1) is 0 Å². The Kier molecular flexibility index (Phi) is 3.35. The van der Waals surface area contributed by atoms with Crippen molar-refractivity contribution in [3.05, 3.63) is 30.1 Å². The maximum atomic E-state index is 4.25. The van der Waals surface area contributed by atoms with E-state index in [1.54, 1.807) is 0 Å². The van der Waals surface area contributed by atoms with E-state index in [0.29, 0.717) is 18.1 Å². The predicted octanol–water partition coefficient (Wildman–Crippen LogP) is 2.21. The molecule has 3 rings (SSSR count). The molecule has 0 spiro atoms. The number of piperazine rings is 1. The van der Waals surface area contributed by atoms with E-state index in [2.05, 4.69) is 35.1 Å². The van der Waals surface area contributed by atoms with Crippen LogP contribution in [0, 0.1) is 5.92 Å². The van der Waals surface area contributed by atoms with E-state index in [9.17, 15) is 0 Å². The molecule has 1 aromatic heterocycles. The predicted molar refractivity (Wildman–Crippen MR) is 73.3 cm³/mol. The molecule has 0 amide bonds. The van der Waals surface area contributed by atoms with Crippen LogP contribution in [0.4, 0.5) is 0 Å². The maximum absolute atomic E-state index is 4.25.